The number of aromatic nitrogens is 4. The van der Waals surface area contributed by atoms with Gasteiger partial charge >= 0.3 is 0 Å². The third-order valence-corrected chi connectivity index (χ3v) is 2.88. The number of halogens is 3. The fourth-order valence-electron chi connectivity index (χ4n) is 1.89. The smallest absolute Gasteiger partial charge is 0.194 e. The Morgan fingerprint density at radius 2 is 1.67 bits per heavy atom. The molecule has 0 saturated carbocycles. The first-order chi connectivity index (χ1) is 10.1. The molecule has 1 aromatic heterocycles. The van der Waals surface area contributed by atoms with Crippen LogP contribution in [-0.4, -0.2) is 20.2 Å². The number of nitrogens with zero attached hydrogens (tertiary/aromatic N) is 4. The van der Waals surface area contributed by atoms with Crippen LogP contribution < -0.4 is 5.73 Å². The molecule has 0 atom stereocenters. The molecule has 2 N–H and O–H groups in total. The lowest BCUT2D eigenvalue weighted by molar-refractivity contribution is 0.446. The van der Waals surface area contributed by atoms with Gasteiger partial charge in [-0.1, -0.05) is 12.1 Å². The van der Waals surface area contributed by atoms with E-state index in [1.54, 1.807) is 24.3 Å². The summed E-state index contributed by atoms with van der Waals surface area (Å²) in [4.78, 5) is 0. The van der Waals surface area contributed by atoms with Crippen LogP contribution in [0.15, 0.2) is 36.4 Å². The molecule has 0 aliphatic carbocycles. The number of para-hydroxylation sites is 1. The van der Waals surface area contributed by atoms with E-state index in [2.05, 4.69) is 15.5 Å². The second-order valence-corrected chi connectivity index (χ2v) is 4.22. The highest BCUT2D eigenvalue weighted by Crippen LogP contribution is 2.25. The van der Waals surface area contributed by atoms with Gasteiger partial charge in [-0.15, -0.1) is 5.10 Å². The molecule has 8 heteroatoms. The van der Waals surface area contributed by atoms with Crippen molar-refractivity contribution in [2.75, 3.05) is 5.73 Å². The Bertz CT molecular complexity index is 792. The highest BCUT2D eigenvalue weighted by molar-refractivity contribution is 5.72. The first kappa shape index (κ1) is 13.1. The number of benzene rings is 2. The minimum Gasteiger partial charge on any atom is -0.398 e. The van der Waals surface area contributed by atoms with Gasteiger partial charge in [-0.05, 0) is 22.6 Å². The van der Waals surface area contributed by atoms with Crippen molar-refractivity contribution in [1.82, 2.24) is 20.2 Å². The van der Waals surface area contributed by atoms with E-state index < -0.39 is 17.5 Å². The minimum atomic E-state index is -1.55. The Labute approximate surface area is 116 Å². The van der Waals surface area contributed by atoms with Crippen molar-refractivity contribution in [3.05, 3.63) is 53.8 Å². The molecular weight excluding hydrogens is 283 g/mol. The SMILES string of the molecule is Nc1ccccc1-c1nnnn1-c1cc(F)c(F)c(F)c1. The molecule has 0 spiro atoms. The predicted molar refractivity (Wildman–Crippen MR) is 68.9 cm³/mol. The average Bonchev–Trinajstić information content (AvgIpc) is 2.94. The van der Waals surface area contributed by atoms with Crippen LogP contribution in [0.4, 0.5) is 18.9 Å². The molecule has 106 valence electrons. The standard InChI is InChI=1S/C13H8F3N5/c14-9-5-7(6-10(15)12(9)16)21-13(18-19-20-21)8-3-1-2-4-11(8)17/h1-6H,17H2. The van der Waals surface area contributed by atoms with Crippen LogP contribution in [0.2, 0.25) is 0 Å². The predicted octanol–water partition coefficient (Wildman–Crippen LogP) is 2.33. The van der Waals surface area contributed by atoms with E-state index in [1.165, 1.54) is 0 Å². The molecule has 0 radical (unpaired) electrons. The van der Waals surface area contributed by atoms with Crippen LogP contribution in [-0.2, 0) is 0 Å². The van der Waals surface area contributed by atoms with Gasteiger partial charge < -0.3 is 5.73 Å². The van der Waals surface area contributed by atoms with Gasteiger partial charge in [0.1, 0.15) is 0 Å². The third kappa shape index (κ3) is 2.20. The second-order valence-electron chi connectivity index (χ2n) is 4.22. The summed E-state index contributed by atoms with van der Waals surface area (Å²) in [5.41, 5.74) is 6.67. The summed E-state index contributed by atoms with van der Waals surface area (Å²) in [5, 5.41) is 10.9. The minimum absolute atomic E-state index is 0.0466. The van der Waals surface area contributed by atoms with Gasteiger partial charge in [-0.2, -0.15) is 4.68 Å². The molecule has 5 nitrogen and oxygen atoms in total. The maximum Gasteiger partial charge on any atom is 0.194 e. The van der Waals surface area contributed by atoms with E-state index in [-0.39, 0.29) is 11.5 Å². The number of hydrogen-bond donors (Lipinski definition) is 1. The zero-order valence-corrected chi connectivity index (χ0v) is 10.5. The zero-order valence-electron chi connectivity index (χ0n) is 10.5. The van der Waals surface area contributed by atoms with E-state index in [4.69, 9.17) is 5.73 Å². The number of anilines is 1. The highest BCUT2D eigenvalue weighted by atomic mass is 19.2. The van der Waals surface area contributed by atoms with Gasteiger partial charge in [0, 0.05) is 23.4 Å². The van der Waals surface area contributed by atoms with Crippen LogP contribution in [0.3, 0.4) is 0 Å². The van der Waals surface area contributed by atoms with E-state index in [1.807, 2.05) is 0 Å². The maximum absolute atomic E-state index is 13.3. The summed E-state index contributed by atoms with van der Waals surface area (Å²) < 4.78 is 40.7. The lowest BCUT2D eigenvalue weighted by Gasteiger charge is -2.07. The number of hydrogen-bond acceptors (Lipinski definition) is 4. The Balaban J connectivity index is 2.18. The molecule has 21 heavy (non-hydrogen) atoms. The largest absolute Gasteiger partial charge is 0.398 e. The lowest BCUT2D eigenvalue weighted by Crippen LogP contribution is -2.04. The van der Waals surface area contributed by atoms with E-state index in [0.29, 0.717) is 11.3 Å². The summed E-state index contributed by atoms with van der Waals surface area (Å²) in [6, 6.07) is 8.35. The Morgan fingerprint density at radius 3 is 2.33 bits per heavy atom. The van der Waals surface area contributed by atoms with Crippen molar-refractivity contribution in [2.24, 2.45) is 0 Å². The van der Waals surface area contributed by atoms with Crippen LogP contribution >= 0.6 is 0 Å². The van der Waals surface area contributed by atoms with Crippen molar-refractivity contribution < 1.29 is 13.2 Å². The van der Waals surface area contributed by atoms with E-state index >= 15 is 0 Å². The van der Waals surface area contributed by atoms with E-state index in [9.17, 15) is 13.2 Å². The second kappa shape index (κ2) is 4.89. The quantitative estimate of drug-likeness (QED) is 0.581. The van der Waals surface area contributed by atoms with E-state index in [0.717, 1.165) is 16.8 Å². The Hall–Kier alpha value is -2.90. The molecule has 0 unspecified atom stereocenters. The molecule has 2 aromatic carbocycles. The molecule has 0 saturated heterocycles. The molecule has 3 aromatic rings. The summed E-state index contributed by atoms with van der Waals surface area (Å²) >= 11 is 0. The van der Waals surface area contributed by atoms with Crippen LogP contribution in [0.25, 0.3) is 17.1 Å². The number of rotatable bonds is 2. The Kier molecular flexibility index (Phi) is 3.05. The maximum atomic E-state index is 13.3. The zero-order chi connectivity index (χ0) is 15.0. The normalized spacial score (nSPS) is 10.8. The first-order valence-corrected chi connectivity index (χ1v) is 5.86. The van der Waals surface area contributed by atoms with Gasteiger partial charge in [-0.25, -0.2) is 13.2 Å². The topological polar surface area (TPSA) is 69.6 Å². The van der Waals surface area contributed by atoms with Crippen LogP contribution in [0, 0.1) is 17.5 Å². The van der Waals surface area contributed by atoms with Crippen molar-refractivity contribution in [2.45, 2.75) is 0 Å². The monoisotopic (exact) mass is 291 g/mol. The molecule has 0 aliphatic heterocycles. The van der Waals surface area contributed by atoms with Gasteiger partial charge in [0.15, 0.2) is 23.3 Å². The van der Waals surface area contributed by atoms with Crippen molar-refractivity contribution in [3.8, 4) is 17.1 Å². The van der Waals surface area contributed by atoms with Gasteiger partial charge in [0.05, 0.1) is 5.69 Å². The Morgan fingerprint density at radius 1 is 1.00 bits per heavy atom. The molecule has 3 rings (SSSR count). The molecular formula is C13H8F3N5. The lowest BCUT2D eigenvalue weighted by atomic mass is 10.1. The molecule has 1 heterocycles. The van der Waals surface area contributed by atoms with Crippen molar-refractivity contribution in [3.63, 3.8) is 0 Å². The summed E-state index contributed by atoms with van der Waals surface area (Å²) in [7, 11) is 0. The fraction of sp³-hybridized carbons (Fsp3) is 0. The van der Waals surface area contributed by atoms with Crippen LogP contribution in [0.5, 0.6) is 0 Å². The third-order valence-electron chi connectivity index (χ3n) is 2.88. The van der Waals surface area contributed by atoms with Gasteiger partial charge in [-0.3, -0.25) is 0 Å². The summed E-state index contributed by atoms with van der Waals surface area (Å²) in [6.07, 6.45) is 0. The van der Waals surface area contributed by atoms with Crippen LogP contribution in [0.1, 0.15) is 0 Å². The molecule has 0 fully saturated rings. The summed E-state index contributed by atoms with van der Waals surface area (Å²) in [6.45, 7) is 0. The number of nitrogens with two attached hydrogens (primary N) is 1. The fourth-order valence-corrected chi connectivity index (χ4v) is 1.89. The summed E-state index contributed by atoms with van der Waals surface area (Å²) in [5.74, 6) is -4.01. The average molecular weight is 291 g/mol. The van der Waals surface area contributed by atoms with Crippen molar-refractivity contribution >= 4 is 5.69 Å². The number of nitrogen functional groups attached to an aromatic ring is 1. The molecule has 0 amide bonds. The number of tetrazole rings is 1. The van der Waals surface area contributed by atoms with Crippen molar-refractivity contribution in [1.29, 1.82) is 0 Å². The molecule has 0 bridgehead atoms. The first-order valence-electron chi connectivity index (χ1n) is 5.86. The molecule has 0 aliphatic rings. The van der Waals surface area contributed by atoms with Gasteiger partial charge in [0.2, 0.25) is 0 Å². The highest BCUT2D eigenvalue weighted by Gasteiger charge is 2.17. The van der Waals surface area contributed by atoms with Gasteiger partial charge in [0.25, 0.3) is 0 Å².